The van der Waals surface area contributed by atoms with E-state index in [-0.39, 0.29) is 17.8 Å². The molecule has 1 heterocycles. The van der Waals surface area contributed by atoms with Crippen molar-refractivity contribution in [3.05, 3.63) is 0 Å². The van der Waals surface area contributed by atoms with Crippen molar-refractivity contribution in [3.8, 4) is 0 Å². The number of rotatable bonds is 5. The molecule has 1 saturated heterocycles. The highest BCUT2D eigenvalue weighted by atomic mass is 35.5. The average Bonchev–Trinajstić information content (AvgIpc) is 3.03. The van der Waals surface area contributed by atoms with Crippen LogP contribution in [0.2, 0.25) is 0 Å². The lowest BCUT2D eigenvalue weighted by Crippen LogP contribution is -2.45. The third-order valence-corrected chi connectivity index (χ3v) is 5.05. The van der Waals surface area contributed by atoms with Gasteiger partial charge in [0.15, 0.2) is 0 Å². The van der Waals surface area contributed by atoms with E-state index in [1.54, 1.807) is 7.11 Å². The summed E-state index contributed by atoms with van der Waals surface area (Å²) < 4.78 is 5.22. The van der Waals surface area contributed by atoms with Crippen molar-refractivity contribution in [2.24, 2.45) is 17.1 Å². The first-order valence-corrected chi connectivity index (χ1v) is 7.63. The monoisotopic (exact) mass is 304 g/mol. The lowest BCUT2D eigenvalue weighted by atomic mass is 9.81. The Morgan fingerprint density at radius 3 is 2.55 bits per heavy atom. The molecular formula is C15H29ClN2O2. The van der Waals surface area contributed by atoms with Gasteiger partial charge in [-0.05, 0) is 45.1 Å². The van der Waals surface area contributed by atoms with Gasteiger partial charge in [0.2, 0.25) is 5.91 Å². The van der Waals surface area contributed by atoms with Crippen LogP contribution in [0.25, 0.3) is 0 Å². The zero-order chi connectivity index (χ0) is 13.9. The summed E-state index contributed by atoms with van der Waals surface area (Å²) in [6.45, 7) is 4.39. The molecule has 2 aliphatic rings. The summed E-state index contributed by atoms with van der Waals surface area (Å²) in [6, 6.07) is 0.348. The fourth-order valence-corrected chi connectivity index (χ4v) is 3.82. The number of nitrogens with two attached hydrogens (primary N) is 1. The molecule has 0 bridgehead atoms. The highest BCUT2D eigenvalue weighted by molar-refractivity contribution is 5.85. The molecule has 2 N–H and O–H groups in total. The molecule has 2 fully saturated rings. The maximum absolute atomic E-state index is 13.0. The largest absolute Gasteiger partial charge is 0.385 e. The van der Waals surface area contributed by atoms with E-state index < -0.39 is 0 Å². The zero-order valence-corrected chi connectivity index (χ0v) is 13.6. The van der Waals surface area contributed by atoms with Gasteiger partial charge >= 0.3 is 0 Å². The second kappa shape index (κ2) is 7.62. The molecular weight excluding hydrogens is 276 g/mol. The summed E-state index contributed by atoms with van der Waals surface area (Å²) in [5.74, 6) is 0.852. The first-order chi connectivity index (χ1) is 9.13. The minimum atomic E-state index is -0.145. The molecule has 0 spiro atoms. The highest BCUT2D eigenvalue weighted by Crippen LogP contribution is 2.44. The van der Waals surface area contributed by atoms with Crippen molar-refractivity contribution in [1.82, 2.24) is 4.90 Å². The predicted octanol–water partition coefficient (Wildman–Crippen LogP) is 2.20. The van der Waals surface area contributed by atoms with Crippen molar-refractivity contribution in [2.75, 3.05) is 26.8 Å². The minimum Gasteiger partial charge on any atom is -0.385 e. The molecule has 2 rings (SSSR count). The van der Waals surface area contributed by atoms with E-state index in [2.05, 4.69) is 11.8 Å². The van der Waals surface area contributed by atoms with Gasteiger partial charge in [0, 0.05) is 26.3 Å². The van der Waals surface area contributed by atoms with E-state index in [4.69, 9.17) is 10.5 Å². The van der Waals surface area contributed by atoms with Crippen LogP contribution in [-0.4, -0.2) is 43.7 Å². The first kappa shape index (κ1) is 17.7. The first-order valence-electron chi connectivity index (χ1n) is 7.63. The smallest absolute Gasteiger partial charge is 0.229 e. The van der Waals surface area contributed by atoms with E-state index in [1.807, 2.05) is 0 Å². The van der Waals surface area contributed by atoms with Gasteiger partial charge < -0.3 is 15.4 Å². The molecule has 1 saturated carbocycles. The Bertz CT molecular complexity index is 319. The molecule has 1 amide bonds. The van der Waals surface area contributed by atoms with Gasteiger partial charge in [-0.3, -0.25) is 4.79 Å². The predicted molar refractivity (Wildman–Crippen MR) is 83.0 cm³/mol. The fraction of sp³-hybridized carbons (Fsp3) is 0.933. The maximum atomic E-state index is 13.0. The number of methoxy groups -OCH3 is 1. The number of amides is 1. The van der Waals surface area contributed by atoms with Crippen molar-refractivity contribution in [3.63, 3.8) is 0 Å². The lowest BCUT2D eigenvalue weighted by molar-refractivity contribution is -0.143. The van der Waals surface area contributed by atoms with Crippen LogP contribution in [-0.2, 0) is 9.53 Å². The summed E-state index contributed by atoms with van der Waals surface area (Å²) in [6.07, 6.45) is 6.36. The molecule has 0 aromatic rings. The quantitative estimate of drug-likeness (QED) is 0.847. The van der Waals surface area contributed by atoms with Crippen LogP contribution < -0.4 is 5.73 Å². The topological polar surface area (TPSA) is 55.6 Å². The summed E-state index contributed by atoms with van der Waals surface area (Å²) >= 11 is 0. The fourth-order valence-electron chi connectivity index (χ4n) is 3.82. The lowest BCUT2D eigenvalue weighted by Gasteiger charge is -2.34. The van der Waals surface area contributed by atoms with E-state index in [1.165, 1.54) is 12.8 Å². The molecule has 4 nitrogen and oxygen atoms in total. The SMILES string of the molecule is COCCC1(C(=O)N2CC(CN)CC2C)CCCC1.Cl. The molecule has 118 valence electrons. The minimum absolute atomic E-state index is 0. The Morgan fingerprint density at radius 1 is 1.40 bits per heavy atom. The number of hydrogen-bond donors (Lipinski definition) is 1. The molecule has 1 aliphatic carbocycles. The second-order valence-corrected chi connectivity index (χ2v) is 6.37. The number of hydrogen-bond acceptors (Lipinski definition) is 3. The van der Waals surface area contributed by atoms with Crippen LogP contribution >= 0.6 is 12.4 Å². The number of nitrogens with zero attached hydrogens (tertiary/aromatic N) is 1. The zero-order valence-electron chi connectivity index (χ0n) is 12.8. The van der Waals surface area contributed by atoms with Gasteiger partial charge in [-0.2, -0.15) is 0 Å². The Hall–Kier alpha value is -0.320. The third kappa shape index (κ3) is 3.46. The van der Waals surface area contributed by atoms with Crippen LogP contribution in [0.1, 0.15) is 45.4 Å². The molecule has 0 aromatic heterocycles. The van der Waals surface area contributed by atoms with Crippen molar-refractivity contribution in [2.45, 2.75) is 51.5 Å². The summed E-state index contributed by atoms with van der Waals surface area (Å²) in [5.41, 5.74) is 5.62. The van der Waals surface area contributed by atoms with Gasteiger partial charge in [0.25, 0.3) is 0 Å². The van der Waals surface area contributed by atoms with Crippen LogP contribution in [0.15, 0.2) is 0 Å². The summed E-state index contributed by atoms with van der Waals surface area (Å²) in [4.78, 5) is 15.1. The number of carbonyl (C=O) groups excluding carboxylic acids is 1. The Balaban J connectivity index is 0.00000200. The molecule has 1 aliphatic heterocycles. The van der Waals surface area contributed by atoms with Crippen molar-refractivity contribution in [1.29, 1.82) is 0 Å². The standard InChI is InChI=1S/C15H28N2O2.ClH/c1-12-9-13(10-16)11-17(12)14(18)15(7-8-19-2)5-3-4-6-15;/h12-13H,3-11,16H2,1-2H3;1H. The Morgan fingerprint density at radius 2 is 2.05 bits per heavy atom. The van der Waals surface area contributed by atoms with Gasteiger partial charge in [-0.25, -0.2) is 0 Å². The third-order valence-electron chi connectivity index (χ3n) is 5.05. The van der Waals surface area contributed by atoms with Crippen LogP contribution in [0.4, 0.5) is 0 Å². The molecule has 20 heavy (non-hydrogen) atoms. The van der Waals surface area contributed by atoms with Crippen LogP contribution in [0.3, 0.4) is 0 Å². The van der Waals surface area contributed by atoms with Crippen molar-refractivity contribution < 1.29 is 9.53 Å². The maximum Gasteiger partial charge on any atom is 0.229 e. The van der Waals surface area contributed by atoms with Gasteiger partial charge in [-0.1, -0.05) is 12.8 Å². The van der Waals surface area contributed by atoms with Gasteiger partial charge in [0.1, 0.15) is 0 Å². The highest BCUT2D eigenvalue weighted by Gasteiger charge is 2.46. The Labute approximate surface area is 128 Å². The normalized spacial score (nSPS) is 28.4. The second-order valence-electron chi connectivity index (χ2n) is 6.37. The van der Waals surface area contributed by atoms with E-state index in [0.717, 1.165) is 32.2 Å². The van der Waals surface area contributed by atoms with Crippen LogP contribution in [0.5, 0.6) is 0 Å². The van der Waals surface area contributed by atoms with E-state index in [0.29, 0.717) is 31.0 Å². The summed E-state index contributed by atoms with van der Waals surface area (Å²) in [5, 5.41) is 0. The average molecular weight is 305 g/mol. The molecule has 0 aromatic carbocycles. The van der Waals surface area contributed by atoms with Crippen LogP contribution in [0, 0.1) is 11.3 Å². The number of likely N-dealkylation sites (tertiary alicyclic amines) is 1. The Kier molecular flexibility index (Phi) is 6.76. The number of carbonyl (C=O) groups is 1. The molecule has 0 radical (unpaired) electrons. The molecule has 2 atom stereocenters. The van der Waals surface area contributed by atoms with Crippen molar-refractivity contribution >= 4 is 18.3 Å². The number of ether oxygens (including phenoxy) is 1. The van der Waals surface area contributed by atoms with E-state index >= 15 is 0 Å². The summed E-state index contributed by atoms with van der Waals surface area (Å²) in [7, 11) is 1.72. The number of halogens is 1. The molecule has 5 heteroatoms. The van der Waals surface area contributed by atoms with Gasteiger partial charge in [-0.15, -0.1) is 12.4 Å². The molecule has 2 unspecified atom stereocenters. The van der Waals surface area contributed by atoms with Gasteiger partial charge in [0.05, 0.1) is 5.41 Å². The van der Waals surface area contributed by atoms with E-state index in [9.17, 15) is 4.79 Å².